The molecular weight excluding hydrogens is 394 g/mol. The second-order valence-corrected chi connectivity index (χ2v) is 8.11. The first kappa shape index (κ1) is 20.0. The second-order valence-electron chi connectivity index (χ2n) is 7.10. The molecule has 0 N–H and O–H groups in total. The summed E-state index contributed by atoms with van der Waals surface area (Å²) in [5, 5.41) is 0.698. The molecule has 0 bridgehead atoms. The summed E-state index contributed by atoms with van der Waals surface area (Å²) >= 11 is 1.36. The SMILES string of the molecule is CCOC(=O)C1CCN(C2=NC(=O)C(=Cc3ccc(N4CCOCC4)o3)S2)CC1. The van der Waals surface area contributed by atoms with Crippen molar-refractivity contribution in [2.75, 3.05) is 50.9 Å². The molecule has 4 rings (SSSR count). The fourth-order valence-corrected chi connectivity index (χ4v) is 4.55. The van der Waals surface area contributed by atoms with E-state index in [1.54, 1.807) is 6.08 Å². The van der Waals surface area contributed by atoms with Gasteiger partial charge in [-0.05, 0) is 37.6 Å². The Bertz CT molecular complexity index is 820. The zero-order chi connectivity index (χ0) is 20.2. The molecule has 156 valence electrons. The summed E-state index contributed by atoms with van der Waals surface area (Å²) in [6.07, 6.45) is 3.18. The van der Waals surface area contributed by atoms with Crippen LogP contribution in [0.5, 0.6) is 0 Å². The molecule has 1 aromatic rings. The predicted octanol–water partition coefficient (Wildman–Crippen LogP) is 2.36. The first-order valence-corrected chi connectivity index (χ1v) is 10.8. The molecular formula is C20H25N3O5S. The highest BCUT2D eigenvalue weighted by atomic mass is 32.2. The highest BCUT2D eigenvalue weighted by Gasteiger charge is 2.32. The number of amidine groups is 1. The van der Waals surface area contributed by atoms with Crippen LogP contribution in [0.2, 0.25) is 0 Å². The van der Waals surface area contributed by atoms with Crippen molar-refractivity contribution in [3.05, 3.63) is 22.8 Å². The van der Waals surface area contributed by atoms with E-state index in [4.69, 9.17) is 13.9 Å². The zero-order valence-corrected chi connectivity index (χ0v) is 17.3. The van der Waals surface area contributed by atoms with Crippen LogP contribution in [0.1, 0.15) is 25.5 Å². The molecule has 29 heavy (non-hydrogen) atoms. The van der Waals surface area contributed by atoms with Crippen molar-refractivity contribution in [2.24, 2.45) is 10.9 Å². The van der Waals surface area contributed by atoms with Gasteiger partial charge < -0.3 is 23.7 Å². The maximum absolute atomic E-state index is 12.4. The largest absolute Gasteiger partial charge is 0.466 e. The third kappa shape index (κ3) is 4.67. The number of rotatable bonds is 4. The third-order valence-electron chi connectivity index (χ3n) is 5.20. The van der Waals surface area contributed by atoms with Gasteiger partial charge in [-0.1, -0.05) is 0 Å². The molecule has 0 spiro atoms. The van der Waals surface area contributed by atoms with E-state index in [1.165, 1.54) is 11.8 Å². The topological polar surface area (TPSA) is 84.6 Å². The number of carbonyl (C=O) groups excluding carboxylic acids is 2. The Labute approximate surface area is 173 Å². The van der Waals surface area contributed by atoms with E-state index < -0.39 is 0 Å². The molecule has 3 aliphatic rings. The number of anilines is 1. The monoisotopic (exact) mass is 419 g/mol. The lowest BCUT2D eigenvalue weighted by Crippen LogP contribution is -2.39. The second kappa shape index (κ2) is 9.04. The molecule has 1 aromatic heterocycles. The summed E-state index contributed by atoms with van der Waals surface area (Å²) < 4.78 is 16.4. The molecule has 0 unspecified atom stereocenters. The molecule has 0 aromatic carbocycles. The maximum Gasteiger partial charge on any atom is 0.309 e. The van der Waals surface area contributed by atoms with Crippen LogP contribution >= 0.6 is 11.8 Å². The van der Waals surface area contributed by atoms with Crippen LogP contribution in [0.4, 0.5) is 5.88 Å². The zero-order valence-electron chi connectivity index (χ0n) is 16.5. The van der Waals surface area contributed by atoms with Gasteiger partial charge in [-0.2, -0.15) is 4.99 Å². The molecule has 0 radical (unpaired) electrons. The van der Waals surface area contributed by atoms with Gasteiger partial charge in [0.25, 0.3) is 5.91 Å². The average molecular weight is 420 g/mol. The number of nitrogens with zero attached hydrogens (tertiary/aromatic N) is 3. The van der Waals surface area contributed by atoms with Gasteiger partial charge in [-0.3, -0.25) is 9.59 Å². The first-order chi connectivity index (χ1) is 14.1. The molecule has 2 fully saturated rings. The Morgan fingerprint density at radius 2 is 2.00 bits per heavy atom. The van der Waals surface area contributed by atoms with E-state index in [9.17, 15) is 9.59 Å². The summed E-state index contributed by atoms with van der Waals surface area (Å²) in [7, 11) is 0. The normalized spacial score (nSPS) is 22.3. The van der Waals surface area contributed by atoms with E-state index in [-0.39, 0.29) is 17.8 Å². The van der Waals surface area contributed by atoms with Crippen molar-refractivity contribution < 1.29 is 23.5 Å². The van der Waals surface area contributed by atoms with Gasteiger partial charge in [0.2, 0.25) is 0 Å². The van der Waals surface area contributed by atoms with Crippen molar-refractivity contribution in [3.63, 3.8) is 0 Å². The number of likely N-dealkylation sites (tertiary alicyclic amines) is 1. The lowest BCUT2D eigenvalue weighted by atomic mass is 9.97. The number of amides is 1. The van der Waals surface area contributed by atoms with Gasteiger partial charge in [-0.15, -0.1) is 0 Å². The smallest absolute Gasteiger partial charge is 0.309 e. The minimum Gasteiger partial charge on any atom is -0.466 e. The van der Waals surface area contributed by atoms with E-state index >= 15 is 0 Å². The average Bonchev–Trinajstić information content (AvgIpc) is 3.36. The van der Waals surface area contributed by atoms with Crippen LogP contribution in [-0.4, -0.2) is 67.9 Å². The van der Waals surface area contributed by atoms with Crippen LogP contribution in [0.15, 0.2) is 26.4 Å². The number of ether oxygens (including phenoxy) is 2. The van der Waals surface area contributed by atoms with Crippen LogP contribution < -0.4 is 4.90 Å². The molecule has 0 saturated carbocycles. The third-order valence-corrected chi connectivity index (χ3v) is 6.25. The van der Waals surface area contributed by atoms with Gasteiger partial charge in [-0.25, -0.2) is 0 Å². The Balaban J connectivity index is 1.35. The number of aliphatic imine (C=N–C) groups is 1. The number of thioether (sulfide) groups is 1. The van der Waals surface area contributed by atoms with Crippen LogP contribution in [0, 0.1) is 5.92 Å². The maximum atomic E-state index is 12.4. The van der Waals surface area contributed by atoms with Gasteiger partial charge in [0.1, 0.15) is 5.76 Å². The van der Waals surface area contributed by atoms with E-state index in [0.717, 1.165) is 19.0 Å². The summed E-state index contributed by atoms with van der Waals surface area (Å²) in [6, 6.07) is 3.79. The number of carbonyl (C=O) groups is 2. The molecule has 3 aliphatic heterocycles. The van der Waals surface area contributed by atoms with Crippen molar-refractivity contribution in [2.45, 2.75) is 19.8 Å². The molecule has 0 aliphatic carbocycles. The van der Waals surface area contributed by atoms with Crippen molar-refractivity contribution >= 4 is 40.8 Å². The number of furan rings is 1. The number of hydrogen-bond acceptors (Lipinski definition) is 8. The van der Waals surface area contributed by atoms with Gasteiger partial charge in [0.15, 0.2) is 11.1 Å². The Hall–Kier alpha value is -2.26. The number of esters is 1. The molecule has 9 heteroatoms. The van der Waals surface area contributed by atoms with E-state index in [2.05, 4.69) is 14.8 Å². The summed E-state index contributed by atoms with van der Waals surface area (Å²) in [5.74, 6) is 0.990. The molecule has 8 nitrogen and oxygen atoms in total. The van der Waals surface area contributed by atoms with Gasteiger partial charge >= 0.3 is 5.97 Å². The Kier molecular flexibility index (Phi) is 6.25. The summed E-state index contributed by atoms with van der Waals surface area (Å²) in [5.41, 5.74) is 0. The van der Waals surface area contributed by atoms with Crippen LogP contribution in [0.3, 0.4) is 0 Å². The molecule has 1 amide bonds. The van der Waals surface area contributed by atoms with E-state index in [0.29, 0.717) is 61.6 Å². The van der Waals surface area contributed by atoms with Crippen LogP contribution in [-0.2, 0) is 19.1 Å². The number of hydrogen-bond donors (Lipinski definition) is 0. The van der Waals surface area contributed by atoms with Gasteiger partial charge in [0.05, 0.1) is 30.6 Å². The minimum atomic E-state index is -0.248. The molecule has 4 heterocycles. The highest BCUT2D eigenvalue weighted by molar-refractivity contribution is 8.18. The highest BCUT2D eigenvalue weighted by Crippen LogP contribution is 2.33. The van der Waals surface area contributed by atoms with E-state index in [1.807, 2.05) is 19.1 Å². The number of piperidine rings is 1. The fourth-order valence-electron chi connectivity index (χ4n) is 3.60. The van der Waals surface area contributed by atoms with Crippen molar-refractivity contribution in [1.29, 1.82) is 0 Å². The summed E-state index contributed by atoms with van der Waals surface area (Å²) in [4.78, 5) is 33.2. The van der Waals surface area contributed by atoms with Crippen molar-refractivity contribution in [3.8, 4) is 0 Å². The first-order valence-electron chi connectivity index (χ1n) is 10.0. The Morgan fingerprint density at radius 3 is 2.72 bits per heavy atom. The summed E-state index contributed by atoms with van der Waals surface area (Å²) in [6.45, 7) is 6.59. The van der Waals surface area contributed by atoms with Crippen LogP contribution in [0.25, 0.3) is 6.08 Å². The minimum absolute atomic E-state index is 0.0642. The van der Waals surface area contributed by atoms with Crippen molar-refractivity contribution in [1.82, 2.24) is 4.90 Å². The number of morpholine rings is 1. The quantitative estimate of drug-likeness (QED) is 0.543. The fraction of sp³-hybridized carbons (Fsp3) is 0.550. The molecule has 2 saturated heterocycles. The standard InChI is InChI=1S/C20H25N3O5S/c1-2-27-19(25)14-5-7-23(8-6-14)20-21-18(24)16(29-20)13-15-3-4-17(28-15)22-9-11-26-12-10-22/h3-4,13-14H,2,5-12H2,1H3. The Morgan fingerprint density at radius 1 is 1.24 bits per heavy atom. The van der Waals surface area contributed by atoms with Gasteiger partial charge in [0, 0.05) is 38.3 Å². The lowest BCUT2D eigenvalue weighted by Gasteiger charge is -2.31. The molecule has 0 atom stereocenters. The predicted molar refractivity (Wildman–Crippen MR) is 111 cm³/mol. The lowest BCUT2D eigenvalue weighted by molar-refractivity contribution is -0.149.